The smallest absolute Gasteiger partial charge is 0.248 e. The molecule has 0 bridgehead atoms. The fourth-order valence-corrected chi connectivity index (χ4v) is 1.72. The van der Waals surface area contributed by atoms with Gasteiger partial charge in [-0.3, -0.25) is 9.69 Å². The van der Waals surface area contributed by atoms with Crippen LogP contribution in [0.25, 0.3) is 0 Å². The number of nitrogens with zero attached hydrogens (tertiary/aromatic N) is 2. The van der Waals surface area contributed by atoms with E-state index in [4.69, 9.17) is 12.2 Å². The van der Waals surface area contributed by atoms with Crippen LogP contribution in [0, 0.1) is 0 Å². The van der Waals surface area contributed by atoms with E-state index in [1.807, 2.05) is 27.8 Å². The van der Waals surface area contributed by atoms with Gasteiger partial charge >= 0.3 is 0 Å². The van der Waals surface area contributed by atoms with Crippen LogP contribution in [0.2, 0.25) is 0 Å². The quantitative estimate of drug-likeness (QED) is 0.524. The number of likely N-dealkylation sites (N-methyl/N-ethyl adjacent to an activating group) is 1. The second-order valence-electron chi connectivity index (χ2n) is 4.04. The van der Waals surface area contributed by atoms with E-state index in [0.717, 1.165) is 0 Å². The maximum Gasteiger partial charge on any atom is 0.248 e. The van der Waals surface area contributed by atoms with Crippen LogP contribution in [0.1, 0.15) is 20.8 Å². The zero-order valence-corrected chi connectivity index (χ0v) is 8.73. The molecular weight excluding hydrogens is 172 g/mol. The highest BCUT2D eigenvalue weighted by molar-refractivity contribution is 7.80. The maximum absolute atomic E-state index is 11.4. The first-order valence-electron chi connectivity index (χ1n) is 3.92. The van der Waals surface area contributed by atoms with E-state index in [0.29, 0.717) is 11.7 Å². The van der Waals surface area contributed by atoms with E-state index in [1.54, 1.807) is 9.80 Å². The van der Waals surface area contributed by atoms with E-state index in [9.17, 15) is 4.79 Å². The molecule has 3 nitrogen and oxygen atoms in total. The van der Waals surface area contributed by atoms with Gasteiger partial charge in [0.2, 0.25) is 5.91 Å². The van der Waals surface area contributed by atoms with Gasteiger partial charge in [0.05, 0.1) is 6.54 Å². The molecule has 1 rings (SSSR count). The Hall–Kier alpha value is -0.640. The van der Waals surface area contributed by atoms with E-state index >= 15 is 0 Å². The molecule has 0 aromatic heterocycles. The predicted octanol–water partition coefficient (Wildman–Crippen LogP) is 0.844. The fraction of sp³-hybridized carbons (Fsp3) is 0.750. The van der Waals surface area contributed by atoms with Crippen molar-refractivity contribution >= 4 is 23.2 Å². The molecule has 0 aromatic rings. The summed E-state index contributed by atoms with van der Waals surface area (Å²) in [5, 5.41) is 0.632. The lowest BCUT2D eigenvalue weighted by Gasteiger charge is -2.31. The molecule has 4 heteroatoms. The lowest BCUT2D eigenvalue weighted by molar-refractivity contribution is -0.127. The summed E-state index contributed by atoms with van der Waals surface area (Å²) < 4.78 is 0. The van der Waals surface area contributed by atoms with Crippen molar-refractivity contribution in [1.82, 2.24) is 9.80 Å². The zero-order valence-electron chi connectivity index (χ0n) is 7.92. The van der Waals surface area contributed by atoms with Gasteiger partial charge in [-0.1, -0.05) is 0 Å². The molecule has 1 fully saturated rings. The van der Waals surface area contributed by atoms with Crippen molar-refractivity contribution in [2.45, 2.75) is 26.3 Å². The van der Waals surface area contributed by atoms with Crippen molar-refractivity contribution in [2.24, 2.45) is 0 Å². The Kier molecular flexibility index (Phi) is 2.12. The summed E-state index contributed by atoms with van der Waals surface area (Å²) in [6.45, 7) is 6.36. The molecule has 1 heterocycles. The molecule has 68 valence electrons. The van der Waals surface area contributed by atoms with Crippen molar-refractivity contribution in [3.8, 4) is 0 Å². The summed E-state index contributed by atoms with van der Waals surface area (Å²) >= 11 is 5.12. The van der Waals surface area contributed by atoms with Crippen LogP contribution in [-0.4, -0.2) is 40.0 Å². The van der Waals surface area contributed by atoms with E-state index < -0.39 is 0 Å². The lowest BCUT2D eigenvalue weighted by atomic mass is 10.1. The Balaban J connectivity index is 2.92. The van der Waals surface area contributed by atoms with Crippen molar-refractivity contribution < 1.29 is 4.79 Å². The van der Waals surface area contributed by atoms with Crippen molar-refractivity contribution in [3.63, 3.8) is 0 Å². The molecule has 1 amide bonds. The van der Waals surface area contributed by atoms with Gasteiger partial charge in [-0.25, -0.2) is 0 Å². The molecule has 0 spiro atoms. The van der Waals surface area contributed by atoms with Gasteiger partial charge in [0.15, 0.2) is 5.11 Å². The Morgan fingerprint density at radius 1 is 1.42 bits per heavy atom. The van der Waals surface area contributed by atoms with Gasteiger partial charge in [0, 0.05) is 12.6 Å². The van der Waals surface area contributed by atoms with Gasteiger partial charge in [-0.2, -0.15) is 0 Å². The normalized spacial score (nSPS) is 19.3. The first kappa shape index (κ1) is 9.45. The minimum absolute atomic E-state index is 0.0926. The topological polar surface area (TPSA) is 23.6 Å². The largest absolute Gasteiger partial charge is 0.342 e. The summed E-state index contributed by atoms with van der Waals surface area (Å²) in [7, 11) is 1.84. The molecule has 0 radical (unpaired) electrons. The first-order valence-corrected chi connectivity index (χ1v) is 4.33. The first-order chi connectivity index (χ1) is 5.34. The van der Waals surface area contributed by atoms with Crippen LogP contribution in [0.4, 0.5) is 0 Å². The second-order valence-corrected chi connectivity index (χ2v) is 4.40. The number of hydrogen-bond acceptors (Lipinski definition) is 2. The third-order valence-electron chi connectivity index (χ3n) is 1.81. The van der Waals surface area contributed by atoms with Crippen LogP contribution in [0.15, 0.2) is 0 Å². The number of carbonyl (C=O) groups excluding carboxylic acids is 1. The Morgan fingerprint density at radius 2 is 1.92 bits per heavy atom. The second kappa shape index (κ2) is 2.69. The average Bonchev–Trinajstić information content (AvgIpc) is 2.05. The number of rotatable bonds is 0. The molecule has 0 aliphatic carbocycles. The summed E-state index contributed by atoms with van der Waals surface area (Å²) in [5.41, 5.74) is -0.196. The SMILES string of the molecule is CN1CC(=O)N(C(C)(C)C)C1=S. The highest BCUT2D eigenvalue weighted by Gasteiger charge is 2.37. The van der Waals surface area contributed by atoms with Gasteiger partial charge in [0.1, 0.15) is 0 Å². The van der Waals surface area contributed by atoms with E-state index in [-0.39, 0.29) is 11.4 Å². The van der Waals surface area contributed by atoms with Crippen molar-refractivity contribution in [1.29, 1.82) is 0 Å². The minimum Gasteiger partial charge on any atom is -0.342 e. The van der Waals surface area contributed by atoms with Crippen molar-refractivity contribution in [2.75, 3.05) is 13.6 Å². The summed E-state index contributed by atoms with van der Waals surface area (Å²) in [6, 6.07) is 0. The summed E-state index contributed by atoms with van der Waals surface area (Å²) in [5.74, 6) is 0.0926. The minimum atomic E-state index is -0.196. The third-order valence-corrected chi connectivity index (χ3v) is 2.30. The zero-order chi connectivity index (χ0) is 9.52. The van der Waals surface area contributed by atoms with Crippen LogP contribution >= 0.6 is 12.2 Å². The Labute approximate surface area is 78.3 Å². The number of carbonyl (C=O) groups is 1. The lowest BCUT2D eigenvalue weighted by Crippen LogP contribution is -2.45. The van der Waals surface area contributed by atoms with Gasteiger partial charge < -0.3 is 4.90 Å². The van der Waals surface area contributed by atoms with Crippen LogP contribution < -0.4 is 0 Å². The van der Waals surface area contributed by atoms with Crippen molar-refractivity contribution in [3.05, 3.63) is 0 Å². The molecule has 0 N–H and O–H groups in total. The molecular formula is C8H14N2OS. The average molecular weight is 186 g/mol. The summed E-state index contributed by atoms with van der Waals surface area (Å²) in [4.78, 5) is 14.9. The molecule has 1 aliphatic heterocycles. The van der Waals surface area contributed by atoms with E-state index in [2.05, 4.69) is 0 Å². The molecule has 0 unspecified atom stereocenters. The Morgan fingerprint density at radius 3 is 2.08 bits per heavy atom. The number of amides is 1. The van der Waals surface area contributed by atoms with Crippen LogP contribution in [0.5, 0.6) is 0 Å². The molecule has 0 saturated carbocycles. The highest BCUT2D eigenvalue weighted by Crippen LogP contribution is 2.20. The molecule has 0 aromatic carbocycles. The van der Waals surface area contributed by atoms with E-state index in [1.165, 1.54) is 0 Å². The molecule has 0 atom stereocenters. The third kappa shape index (κ3) is 1.43. The van der Waals surface area contributed by atoms with Gasteiger partial charge in [0.25, 0.3) is 0 Å². The molecule has 12 heavy (non-hydrogen) atoms. The van der Waals surface area contributed by atoms with Crippen LogP contribution in [0.3, 0.4) is 0 Å². The highest BCUT2D eigenvalue weighted by atomic mass is 32.1. The fourth-order valence-electron chi connectivity index (χ4n) is 1.28. The maximum atomic E-state index is 11.4. The monoisotopic (exact) mass is 186 g/mol. The van der Waals surface area contributed by atoms with Gasteiger partial charge in [-0.15, -0.1) is 0 Å². The van der Waals surface area contributed by atoms with Crippen LogP contribution in [-0.2, 0) is 4.79 Å². The number of thiocarbonyl (C=S) groups is 1. The molecule has 1 saturated heterocycles. The molecule has 1 aliphatic rings. The summed E-state index contributed by atoms with van der Waals surface area (Å²) in [6.07, 6.45) is 0. The standard InChI is InChI=1S/C8H14N2OS/c1-8(2,3)10-6(11)5-9(4)7(10)12/h5H2,1-4H3. The van der Waals surface area contributed by atoms with Gasteiger partial charge in [-0.05, 0) is 33.0 Å². The Bertz CT molecular complexity index is 232. The predicted molar refractivity (Wildman–Crippen MR) is 51.8 cm³/mol. The number of hydrogen-bond donors (Lipinski definition) is 0.